The van der Waals surface area contributed by atoms with Gasteiger partial charge in [-0.3, -0.25) is 14.9 Å². The highest BCUT2D eigenvalue weighted by Gasteiger charge is 2.37. The zero-order chi connectivity index (χ0) is 28.6. The normalized spacial score (nSPS) is 14.6. The summed E-state index contributed by atoms with van der Waals surface area (Å²) >= 11 is 15.5. The van der Waals surface area contributed by atoms with Crippen molar-refractivity contribution in [1.29, 1.82) is 0 Å². The van der Waals surface area contributed by atoms with Gasteiger partial charge in [-0.1, -0.05) is 45.2 Å². The van der Waals surface area contributed by atoms with Gasteiger partial charge < -0.3 is 9.30 Å². The van der Waals surface area contributed by atoms with Gasteiger partial charge in [-0.15, -0.1) is 0 Å². The lowest BCUT2D eigenvalue weighted by Crippen LogP contribution is -2.54. The Morgan fingerprint density at radius 1 is 0.900 bits per heavy atom. The van der Waals surface area contributed by atoms with Gasteiger partial charge in [0.25, 0.3) is 11.8 Å². The molecule has 0 radical (unpaired) electrons. The lowest BCUT2D eigenvalue weighted by atomic mass is 10.1. The monoisotopic (exact) mass is 637 g/mol. The lowest BCUT2D eigenvalue weighted by Gasteiger charge is -2.26. The van der Waals surface area contributed by atoms with E-state index < -0.39 is 17.8 Å². The number of aryl methyl sites for hydroxylation is 1. The number of rotatable bonds is 6. The molecule has 1 saturated heterocycles. The largest absolute Gasteiger partial charge is 0.489 e. The molecule has 1 fully saturated rings. The molecule has 0 aliphatic carbocycles. The van der Waals surface area contributed by atoms with Gasteiger partial charge in [-0.2, -0.15) is 0 Å². The SMILES string of the molecule is Cc1cc(/C=C2\C(=O)NC(=O)N(c3ccc(Br)cc3)C2=O)c(C)n1-c1ccc(OCc2ccc(Cl)cc2Cl)cc1. The van der Waals surface area contributed by atoms with Crippen LogP contribution in [0.5, 0.6) is 5.75 Å². The van der Waals surface area contributed by atoms with Crippen LogP contribution in [-0.4, -0.2) is 22.4 Å². The van der Waals surface area contributed by atoms with Gasteiger partial charge in [0.1, 0.15) is 17.9 Å². The number of carbonyl (C=O) groups is 3. The molecule has 1 N–H and O–H groups in total. The molecule has 4 aromatic rings. The molecule has 7 nitrogen and oxygen atoms in total. The van der Waals surface area contributed by atoms with E-state index in [4.69, 9.17) is 27.9 Å². The fourth-order valence-electron chi connectivity index (χ4n) is 4.46. The van der Waals surface area contributed by atoms with Crippen LogP contribution in [-0.2, 0) is 16.2 Å². The van der Waals surface area contributed by atoms with E-state index in [9.17, 15) is 14.4 Å². The molecule has 0 atom stereocenters. The topological polar surface area (TPSA) is 80.6 Å². The van der Waals surface area contributed by atoms with Gasteiger partial charge in [0, 0.05) is 37.2 Å². The third kappa shape index (κ3) is 5.56. The molecule has 1 aromatic heterocycles. The second kappa shape index (κ2) is 11.3. The first-order chi connectivity index (χ1) is 19.1. The van der Waals surface area contributed by atoms with Crippen molar-refractivity contribution in [3.63, 3.8) is 0 Å². The Morgan fingerprint density at radius 2 is 1.57 bits per heavy atom. The van der Waals surface area contributed by atoms with Crippen molar-refractivity contribution in [2.24, 2.45) is 0 Å². The van der Waals surface area contributed by atoms with Gasteiger partial charge in [0.05, 0.1) is 5.69 Å². The van der Waals surface area contributed by atoms with Crippen LogP contribution in [0.1, 0.15) is 22.5 Å². The first-order valence-electron chi connectivity index (χ1n) is 12.2. The molecule has 202 valence electrons. The highest BCUT2D eigenvalue weighted by Crippen LogP contribution is 2.28. The van der Waals surface area contributed by atoms with E-state index in [1.807, 2.05) is 54.8 Å². The van der Waals surface area contributed by atoms with Crippen LogP contribution in [0.4, 0.5) is 10.5 Å². The van der Waals surface area contributed by atoms with E-state index in [1.54, 1.807) is 36.4 Å². The maximum atomic E-state index is 13.3. The Bertz CT molecular complexity index is 1680. The molecule has 1 aliphatic rings. The summed E-state index contributed by atoms with van der Waals surface area (Å²) in [6.07, 6.45) is 1.52. The van der Waals surface area contributed by atoms with Crippen molar-refractivity contribution in [3.8, 4) is 11.4 Å². The Hall–Kier alpha value is -3.85. The average molecular weight is 639 g/mol. The number of carbonyl (C=O) groups excluding carboxylic acids is 3. The third-order valence-electron chi connectivity index (χ3n) is 6.46. The lowest BCUT2D eigenvalue weighted by molar-refractivity contribution is -0.122. The summed E-state index contributed by atoms with van der Waals surface area (Å²) in [6.45, 7) is 4.13. The smallest absolute Gasteiger partial charge is 0.335 e. The molecule has 40 heavy (non-hydrogen) atoms. The van der Waals surface area contributed by atoms with Crippen molar-refractivity contribution < 1.29 is 19.1 Å². The van der Waals surface area contributed by atoms with E-state index in [0.29, 0.717) is 33.7 Å². The molecule has 10 heteroatoms. The van der Waals surface area contributed by atoms with Crippen LogP contribution in [0.2, 0.25) is 10.0 Å². The highest BCUT2D eigenvalue weighted by molar-refractivity contribution is 9.10. The number of aromatic nitrogens is 1. The Balaban J connectivity index is 1.39. The Labute approximate surface area is 249 Å². The standard InChI is InChI=1S/C30H22BrCl2N3O4/c1-17-13-20(14-26-28(37)34-30(39)36(29(26)38)24-7-4-21(31)5-8-24)18(2)35(17)23-9-11-25(12-10-23)40-16-19-3-6-22(32)15-27(19)33/h3-15H,16H2,1-2H3,(H,34,37,39)/b26-14+. The summed E-state index contributed by atoms with van der Waals surface area (Å²) < 4.78 is 8.70. The van der Waals surface area contributed by atoms with Gasteiger partial charge in [0.15, 0.2) is 0 Å². The maximum Gasteiger partial charge on any atom is 0.335 e. The summed E-state index contributed by atoms with van der Waals surface area (Å²) in [5, 5.41) is 3.37. The third-order valence-corrected chi connectivity index (χ3v) is 7.58. The molecule has 0 unspecified atom stereocenters. The van der Waals surface area contributed by atoms with E-state index in [1.165, 1.54) is 6.08 Å². The number of nitrogens with zero attached hydrogens (tertiary/aromatic N) is 2. The fourth-order valence-corrected chi connectivity index (χ4v) is 5.19. The molecule has 0 spiro atoms. The van der Waals surface area contributed by atoms with Crippen molar-refractivity contribution in [3.05, 3.63) is 115 Å². The molecular weight excluding hydrogens is 617 g/mol. The molecule has 4 amide bonds. The summed E-state index contributed by atoms with van der Waals surface area (Å²) in [6, 6.07) is 20.6. The Kier molecular flexibility index (Phi) is 7.85. The highest BCUT2D eigenvalue weighted by atomic mass is 79.9. The minimum Gasteiger partial charge on any atom is -0.489 e. The zero-order valence-electron chi connectivity index (χ0n) is 21.4. The van der Waals surface area contributed by atoms with Crippen molar-refractivity contribution in [2.75, 3.05) is 4.90 Å². The fraction of sp³-hybridized carbons (Fsp3) is 0.100. The van der Waals surface area contributed by atoms with Crippen LogP contribution in [0.3, 0.4) is 0 Å². The number of hydrogen-bond acceptors (Lipinski definition) is 4. The number of urea groups is 1. The van der Waals surface area contributed by atoms with Crippen LogP contribution < -0.4 is 15.0 Å². The second-order valence-corrected chi connectivity index (χ2v) is 10.9. The van der Waals surface area contributed by atoms with Crippen molar-refractivity contribution >= 4 is 68.7 Å². The zero-order valence-corrected chi connectivity index (χ0v) is 24.5. The predicted octanol–water partition coefficient (Wildman–Crippen LogP) is 7.41. The number of imide groups is 2. The minimum absolute atomic E-state index is 0.132. The number of halogens is 3. The van der Waals surface area contributed by atoms with Crippen LogP contribution in [0.25, 0.3) is 11.8 Å². The number of anilines is 1. The van der Waals surface area contributed by atoms with Gasteiger partial charge in [-0.25, -0.2) is 9.69 Å². The summed E-state index contributed by atoms with van der Waals surface area (Å²) in [5.74, 6) is -0.764. The Morgan fingerprint density at radius 3 is 2.25 bits per heavy atom. The number of amides is 4. The van der Waals surface area contributed by atoms with E-state index in [-0.39, 0.29) is 5.57 Å². The number of ether oxygens (including phenoxy) is 1. The molecule has 2 heterocycles. The summed E-state index contributed by atoms with van der Waals surface area (Å²) in [4.78, 5) is 39.4. The van der Waals surface area contributed by atoms with Crippen LogP contribution >= 0.6 is 39.1 Å². The molecule has 1 aliphatic heterocycles. The molecule has 3 aromatic carbocycles. The van der Waals surface area contributed by atoms with Crippen molar-refractivity contribution in [2.45, 2.75) is 20.5 Å². The first kappa shape index (κ1) is 27.7. The van der Waals surface area contributed by atoms with E-state index in [0.717, 1.165) is 32.0 Å². The number of hydrogen-bond donors (Lipinski definition) is 1. The van der Waals surface area contributed by atoms with E-state index in [2.05, 4.69) is 21.2 Å². The number of benzene rings is 3. The molecular formula is C30H22BrCl2N3O4. The molecule has 0 saturated carbocycles. The number of nitrogens with one attached hydrogen (secondary N) is 1. The second-order valence-electron chi connectivity index (χ2n) is 9.11. The summed E-state index contributed by atoms with van der Waals surface area (Å²) in [5.41, 5.74) is 4.32. The van der Waals surface area contributed by atoms with Crippen LogP contribution in [0.15, 0.2) is 82.8 Å². The van der Waals surface area contributed by atoms with Crippen LogP contribution in [0, 0.1) is 13.8 Å². The van der Waals surface area contributed by atoms with Gasteiger partial charge >= 0.3 is 6.03 Å². The summed E-state index contributed by atoms with van der Waals surface area (Å²) in [7, 11) is 0. The van der Waals surface area contributed by atoms with Crippen molar-refractivity contribution in [1.82, 2.24) is 9.88 Å². The van der Waals surface area contributed by atoms with Gasteiger partial charge in [-0.05, 0) is 92.2 Å². The predicted molar refractivity (Wildman–Crippen MR) is 159 cm³/mol. The quantitative estimate of drug-likeness (QED) is 0.176. The average Bonchev–Trinajstić information content (AvgIpc) is 3.19. The molecule has 5 rings (SSSR count). The number of barbiturate groups is 1. The first-order valence-corrected chi connectivity index (χ1v) is 13.7. The van der Waals surface area contributed by atoms with E-state index >= 15 is 0 Å². The molecule has 0 bridgehead atoms. The maximum absolute atomic E-state index is 13.3. The van der Waals surface area contributed by atoms with Gasteiger partial charge in [0.2, 0.25) is 0 Å². The minimum atomic E-state index is -0.791.